The maximum Gasteiger partial charge on any atom is 0.338 e. The number of nitrogens with one attached hydrogen (secondary N) is 1. The van der Waals surface area contributed by atoms with Crippen LogP contribution < -0.4 is 5.32 Å². The number of nitrogens with zero attached hydrogens (tertiary/aromatic N) is 3. The van der Waals surface area contributed by atoms with E-state index in [0.29, 0.717) is 43.0 Å². The van der Waals surface area contributed by atoms with Crippen molar-refractivity contribution in [3.8, 4) is 0 Å². The Morgan fingerprint density at radius 2 is 1.94 bits per heavy atom. The molecule has 2 heterocycles. The van der Waals surface area contributed by atoms with Crippen molar-refractivity contribution in [2.24, 2.45) is 5.92 Å². The summed E-state index contributed by atoms with van der Waals surface area (Å²) in [5.74, 6) is -0.590. The van der Waals surface area contributed by atoms with Crippen molar-refractivity contribution in [1.29, 1.82) is 0 Å². The predicted molar refractivity (Wildman–Crippen MR) is 129 cm³/mol. The van der Waals surface area contributed by atoms with Gasteiger partial charge in [-0.25, -0.2) is 14.0 Å². The van der Waals surface area contributed by atoms with E-state index in [1.807, 2.05) is 11.8 Å². The van der Waals surface area contributed by atoms with E-state index < -0.39 is 17.8 Å². The van der Waals surface area contributed by atoms with E-state index >= 15 is 0 Å². The third kappa shape index (κ3) is 5.34. The molecule has 1 saturated carbocycles. The first-order valence-corrected chi connectivity index (χ1v) is 12.5. The van der Waals surface area contributed by atoms with Crippen LogP contribution in [0.3, 0.4) is 0 Å². The average molecular weight is 487 g/mol. The van der Waals surface area contributed by atoms with Gasteiger partial charge in [0.15, 0.2) is 0 Å². The second kappa shape index (κ2) is 10.8. The Hall–Kier alpha value is -2.94. The number of carbonyl (C=O) groups excluding carboxylic acids is 3. The van der Waals surface area contributed by atoms with Crippen LogP contribution in [0.4, 0.5) is 9.18 Å². The monoisotopic (exact) mass is 486 g/mol. The first-order chi connectivity index (χ1) is 16.8. The Balaban J connectivity index is 1.59. The molecule has 190 valence electrons. The van der Waals surface area contributed by atoms with E-state index in [0.717, 1.165) is 25.7 Å². The molecule has 2 aliphatic heterocycles. The third-order valence-corrected chi connectivity index (χ3v) is 7.33. The molecule has 1 aromatic rings. The molecule has 3 aliphatic rings. The lowest BCUT2D eigenvalue weighted by atomic mass is 9.94. The third-order valence-electron chi connectivity index (χ3n) is 7.33. The number of hydrogen-bond donors (Lipinski definition) is 1. The zero-order valence-corrected chi connectivity index (χ0v) is 20.8. The molecule has 0 radical (unpaired) electrons. The number of ether oxygens (including phenoxy) is 1. The van der Waals surface area contributed by atoms with Crippen LogP contribution in [0.25, 0.3) is 0 Å². The van der Waals surface area contributed by atoms with Gasteiger partial charge in [-0.1, -0.05) is 25.0 Å². The van der Waals surface area contributed by atoms with E-state index in [-0.39, 0.29) is 30.5 Å². The highest BCUT2D eigenvalue weighted by Gasteiger charge is 2.39. The number of hydrogen-bond acceptors (Lipinski definition) is 5. The Morgan fingerprint density at radius 1 is 1.20 bits per heavy atom. The zero-order chi connectivity index (χ0) is 25.1. The Labute approximate surface area is 206 Å². The molecular weight excluding hydrogens is 451 g/mol. The van der Waals surface area contributed by atoms with Crippen molar-refractivity contribution in [2.45, 2.75) is 51.6 Å². The smallest absolute Gasteiger partial charge is 0.338 e. The Kier molecular flexibility index (Phi) is 7.74. The van der Waals surface area contributed by atoms with Gasteiger partial charge in [0.1, 0.15) is 5.82 Å². The maximum atomic E-state index is 14.0. The van der Waals surface area contributed by atoms with Crippen LogP contribution in [-0.2, 0) is 14.3 Å². The number of esters is 1. The van der Waals surface area contributed by atoms with Gasteiger partial charge in [-0.2, -0.15) is 0 Å². The van der Waals surface area contributed by atoms with Gasteiger partial charge in [0.05, 0.1) is 18.2 Å². The summed E-state index contributed by atoms with van der Waals surface area (Å²) < 4.78 is 19.4. The number of halogens is 1. The summed E-state index contributed by atoms with van der Waals surface area (Å²) in [6.45, 7) is 6.19. The van der Waals surface area contributed by atoms with Crippen LogP contribution >= 0.6 is 0 Å². The van der Waals surface area contributed by atoms with Crippen molar-refractivity contribution < 1.29 is 23.5 Å². The lowest BCUT2D eigenvalue weighted by Crippen LogP contribution is -2.57. The standard InChI is InChI=1S/C26H35FN4O4/c1-4-35-25(33)22-21(29(3)26(34)28-23(22)19-10-7-11-20(27)14-19)16-30-12-13-31(17(2)15-30)24(32)18-8-5-6-9-18/h7,10-11,14,17-18,23H,4-6,8-9,12-13,15-16H2,1-3H3,(H,28,34). The molecule has 9 heteroatoms. The van der Waals surface area contributed by atoms with Crippen LogP contribution in [0.5, 0.6) is 0 Å². The largest absolute Gasteiger partial charge is 0.463 e. The van der Waals surface area contributed by atoms with Gasteiger partial charge in [-0.05, 0) is 44.4 Å². The topological polar surface area (TPSA) is 82.2 Å². The molecule has 1 aliphatic carbocycles. The summed E-state index contributed by atoms with van der Waals surface area (Å²) in [6.07, 6.45) is 4.19. The van der Waals surface area contributed by atoms with E-state index in [4.69, 9.17) is 4.74 Å². The maximum absolute atomic E-state index is 14.0. The van der Waals surface area contributed by atoms with Gasteiger partial charge in [-0.15, -0.1) is 0 Å². The zero-order valence-electron chi connectivity index (χ0n) is 20.8. The van der Waals surface area contributed by atoms with Gasteiger partial charge in [0.2, 0.25) is 5.91 Å². The molecule has 0 bridgehead atoms. The van der Waals surface area contributed by atoms with Crippen LogP contribution in [0.2, 0.25) is 0 Å². The van der Waals surface area contributed by atoms with Crippen LogP contribution in [0.1, 0.15) is 51.1 Å². The van der Waals surface area contributed by atoms with Gasteiger partial charge in [0.25, 0.3) is 0 Å². The lowest BCUT2D eigenvalue weighted by molar-refractivity contribution is -0.140. The normalized spacial score (nSPS) is 24.1. The molecule has 1 saturated heterocycles. The van der Waals surface area contributed by atoms with Crippen molar-refractivity contribution >= 4 is 17.9 Å². The Morgan fingerprint density at radius 3 is 2.60 bits per heavy atom. The minimum absolute atomic E-state index is 0.0326. The predicted octanol–water partition coefficient (Wildman–Crippen LogP) is 3.06. The summed E-state index contributed by atoms with van der Waals surface area (Å²) in [4.78, 5) is 44.5. The second-order valence-corrected chi connectivity index (χ2v) is 9.67. The fourth-order valence-corrected chi connectivity index (χ4v) is 5.46. The van der Waals surface area contributed by atoms with Gasteiger partial charge < -0.3 is 15.0 Å². The summed E-state index contributed by atoms with van der Waals surface area (Å²) in [5, 5.41) is 2.82. The number of rotatable bonds is 6. The molecule has 35 heavy (non-hydrogen) atoms. The number of urea groups is 1. The van der Waals surface area contributed by atoms with Gasteiger partial charge in [-0.3, -0.25) is 14.6 Å². The molecule has 3 amide bonds. The molecule has 1 aromatic carbocycles. The van der Waals surface area contributed by atoms with Gasteiger partial charge >= 0.3 is 12.0 Å². The van der Waals surface area contributed by atoms with Crippen molar-refractivity contribution in [1.82, 2.24) is 20.0 Å². The highest BCUT2D eigenvalue weighted by Crippen LogP contribution is 2.32. The average Bonchev–Trinajstić information content (AvgIpc) is 3.37. The molecule has 2 fully saturated rings. The molecule has 4 rings (SSSR count). The number of piperazine rings is 1. The van der Waals surface area contributed by atoms with E-state index in [1.54, 1.807) is 26.1 Å². The number of carbonyl (C=O) groups is 3. The van der Waals surface area contributed by atoms with Crippen molar-refractivity contribution in [3.63, 3.8) is 0 Å². The van der Waals surface area contributed by atoms with Crippen LogP contribution in [0.15, 0.2) is 35.5 Å². The summed E-state index contributed by atoms with van der Waals surface area (Å²) in [7, 11) is 1.62. The summed E-state index contributed by atoms with van der Waals surface area (Å²) in [6, 6.07) is 4.73. The molecule has 2 atom stereocenters. The summed E-state index contributed by atoms with van der Waals surface area (Å²) >= 11 is 0. The summed E-state index contributed by atoms with van der Waals surface area (Å²) in [5.41, 5.74) is 1.31. The minimum atomic E-state index is -0.814. The fourth-order valence-electron chi connectivity index (χ4n) is 5.46. The van der Waals surface area contributed by atoms with Crippen LogP contribution in [-0.4, -0.2) is 78.5 Å². The van der Waals surface area contributed by atoms with Crippen LogP contribution in [0, 0.1) is 11.7 Å². The number of amides is 3. The number of likely N-dealkylation sites (N-methyl/N-ethyl adjacent to an activating group) is 1. The molecule has 0 aromatic heterocycles. The Bertz CT molecular complexity index is 1010. The van der Waals surface area contributed by atoms with E-state index in [2.05, 4.69) is 10.2 Å². The quantitative estimate of drug-likeness (QED) is 0.625. The van der Waals surface area contributed by atoms with Gasteiger partial charge in [0, 0.05) is 50.9 Å². The highest BCUT2D eigenvalue weighted by atomic mass is 19.1. The fraction of sp³-hybridized carbons (Fsp3) is 0.577. The minimum Gasteiger partial charge on any atom is -0.463 e. The first-order valence-electron chi connectivity index (χ1n) is 12.5. The highest BCUT2D eigenvalue weighted by molar-refractivity contribution is 5.95. The molecular formula is C26H35FN4O4. The SMILES string of the molecule is CCOC(=O)C1=C(CN2CCN(C(=O)C3CCCC3)C(C)C2)N(C)C(=O)NC1c1cccc(F)c1. The second-order valence-electron chi connectivity index (χ2n) is 9.67. The lowest BCUT2D eigenvalue weighted by Gasteiger charge is -2.43. The van der Waals surface area contributed by atoms with E-state index in [9.17, 15) is 18.8 Å². The molecule has 2 unspecified atom stereocenters. The molecule has 0 spiro atoms. The van der Waals surface area contributed by atoms with E-state index in [1.165, 1.54) is 17.0 Å². The molecule has 1 N–H and O–H groups in total. The van der Waals surface area contributed by atoms with Crippen molar-refractivity contribution in [2.75, 3.05) is 39.8 Å². The molecule has 8 nitrogen and oxygen atoms in total. The first kappa shape index (κ1) is 25.2. The number of benzene rings is 1. The van der Waals surface area contributed by atoms with Crippen molar-refractivity contribution in [3.05, 3.63) is 46.9 Å².